The molecular formula is C21H21F2N5O2. The summed E-state index contributed by atoms with van der Waals surface area (Å²) in [5, 5.41) is 2.69. The highest BCUT2D eigenvalue weighted by Gasteiger charge is 2.53. The average Bonchev–Trinajstić information content (AvgIpc) is 3.11. The number of anilines is 3. The largest absolute Gasteiger partial charge is 0.500 e. The van der Waals surface area contributed by atoms with Crippen LogP contribution in [0.3, 0.4) is 0 Å². The van der Waals surface area contributed by atoms with Crippen molar-refractivity contribution in [1.82, 2.24) is 15.0 Å². The highest BCUT2D eigenvalue weighted by Crippen LogP contribution is 2.58. The van der Waals surface area contributed by atoms with Crippen LogP contribution in [0.5, 0.6) is 0 Å². The van der Waals surface area contributed by atoms with Crippen LogP contribution in [0.25, 0.3) is 5.57 Å². The van der Waals surface area contributed by atoms with Crippen LogP contribution in [-0.4, -0.2) is 34.0 Å². The van der Waals surface area contributed by atoms with Crippen molar-refractivity contribution in [3.05, 3.63) is 41.7 Å². The van der Waals surface area contributed by atoms with Gasteiger partial charge in [0.1, 0.15) is 11.6 Å². The van der Waals surface area contributed by atoms with Gasteiger partial charge in [0, 0.05) is 61.7 Å². The summed E-state index contributed by atoms with van der Waals surface area (Å²) in [4.78, 5) is 26.1. The van der Waals surface area contributed by atoms with Crippen LogP contribution in [0.15, 0.2) is 24.6 Å². The number of hydrogen-bond acceptors (Lipinski definition) is 6. The van der Waals surface area contributed by atoms with Gasteiger partial charge in [0.05, 0.1) is 24.3 Å². The Kier molecular flexibility index (Phi) is 4.06. The van der Waals surface area contributed by atoms with Crippen LogP contribution >= 0.6 is 0 Å². The van der Waals surface area contributed by atoms with Crippen molar-refractivity contribution in [3.8, 4) is 0 Å². The number of nitrogens with zero attached hydrogens (tertiary/aromatic N) is 4. The summed E-state index contributed by atoms with van der Waals surface area (Å²) in [7, 11) is 0. The number of nitrogens with one attached hydrogen (secondary N) is 1. The predicted octanol–water partition coefficient (Wildman–Crippen LogP) is 3.89. The fraction of sp³-hybridized carbons (Fsp3) is 0.429. The van der Waals surface area contributed by atoms with Crippen molar-refractivity contribution >= 4 is 28.8 Å². The fourth-order valence-corrected chi connectivity index (χ4v) is 4.09. The predicted molar refractivity (Wildman–Crippen MR) is 107 cm³/mol. The number of halogens is 2. The lowest BCUT2D eigenvalue weighted by molar-refractivity contribution is -0.114. The second-order valence-electron chi connectivity index (χ2n) is 8.22. The summed E-state index contributed by atoms with van der Waals surface area (Å²) in [6, 6.07) is 3.52. The summed E-state index contributed by atoms with van der Waals surface area (Å²) in [6.45, 7) is 3.36. The van der Waals surface area contributed by atoms with Crippen LogP contribution in [0.2, 0.25) is 0 Å². The van der Waals surface area contributed by atoms with Crippen LogP contribution in [0, 0.1) is 0 Å². The summed E-state index contributed by atoms with van der Waals surface area (Å²) < 4.78 is 33.7. The Morgan fingerprint density at radius 2 is 2.10 bits per heavy atom. The van der Waals surface area contributed by atoms with Crippen molar-refractivity contribution < 1.29 is 18.3 Å². The number of carbonyl (C=O) groups excluding carboxylic acids is 1. The monoisotopic (exact) mass is 413 g/mol. The summed E-state index contributed by atoms with van der Waals surface area (Å²) in [5.74, 6) is -3.08. The fourth-order valence-electron chi connectivity index (χ4n) is 4.09. The van der Waals surface area contributed by atoms with Gasteiger partial charge in [0.15, 0.2) is 0 Å². The number of aromatic nitrogens is 3. The second-order valence-corrected chi connectivity index (χ2v) is 8.22. The molecule has 1 fully saturated rings. The Balaban J connectivity index is 1.62. The Hall–Kier alpha value is -3.10. The quantitative estimate of drug-likeness (QED) is 0.819. The Labute approximate surface area is 172 Å². The third-order valence-electron chi connectivity index (χ3n) is 5.79. The first-order chi connectivity index (χ1) is 14.2. The Morgan fingerprint density at radius 3 is 2.73 bits per heavy atom. The van der Waals surface area contributed by atoms with Crippen molar-refractivity contribution in [2.75, 3.05) is 23.4 Å². The number of alkyl halides is 2. The lowest BCUT2D eigenvalue weighted by Crippen LogP contribution is -2.23. The number of pyridine rings is 1. The lowest BCUT2D eigenvalue weighted by atomic mass is 10.0. The number of amides is 1. The molecule has 1 N–H and O–H groups in total. The SMILES string of the molecule is CC(=O)Nc1cc2c(cn1)C1(CC1)CN2c1cc(C2=COCC2)nc(C(C)(F)F)n1. The molecule has 4 heterocycles. The minimum atomic E-state index is -3.18. The Bertz CT molecular complexity index is 1080. The molecule has 2 aromatic heterocycles. The van der Waals surface area contributed by atoms with Crippen LogP contribution in [0.4, 0.5) is 26.1 Å². The molecule has 1 aliphatic carbocycles. The summed E-state index contributed by atoms with van der Waals surface area (Å²) >= 11 is 0. The normalized spacial score (nSPS) is 18.8. The van der Waals surface area contributed by atoms with E-state index in [2.05, 4.69) is 20.3 Å². The van der Waals surface area contributed by atoms with E-state index in [4.69, 9.17) is 4.74 Å². The first kappa shape index (κ1) is 18.9. The Morgan fingerprint density at radius 1 is 1.30 bits per heavy atom. The molecule has 7 nitrogen and oxygen atoms in total. The molecule has 5 rings (SSSR count). The van der Waals surface area contributed by atoms with Gasteiger partial charge in [0.2, 0.25) is 11.7 Å². The van der Waals surface area contributed by atoms with E-state index in [0.717, 1.165) is 36.6 Å². The molecule has 0 aromatic carbocycles. The highest BCUT2D eigenvalue weighted by atomic mass is 19.3. The van der Waals surface area contributed by atoms with Gasteiger partial charge in [-0.2, -0.15) is 8.78 Å². The van der Waals surface area contributed by atoms with Crippen molar-refractivity contribution in [2.24, 2.45) is 0 Å². The minimum Gasteiger partial charge on any atom is -0.500 e. The molecule has 156 valence electrons. The maximum Gasteiger partial charge on any atom is 0.303 e. The molecule has 1 spiro atoms. The van der Waals surface area contributed by atoms with Gasteiger partial charge in [-0.15, -0.1) is 0 Å². The summed E-state index contributed by atoms with van der Waals surface area (Å²) in [6.07, 6.45) is 5.97. The lowest BCUT2D eigenvalue weighted by Gasteiger charge is -2.22. The van der Waals surface area contributed by atoms with E-state index in [1.54, 1.807) is 24.6 Å². The summed E-state index contributed by atoms with van der Waals surface area (Å²) in [5.41, 5.74) is 3.08. The number of rotatable bonds is 4. The maximum atomic E-state index is 14.2. The zero-order valence-electron chi connectivity index (χ0n) is 16.7. The second kappa shape index (κ2) is 6.45. The highest BCUT2D eigenvalue weighted by molar-refractivity contribution is 5.89. The molecule has 1 amide bonds. The standard InChI is InChI=1S/C21H21F2N5O2/c1-12(29)25-17-8-16-14(9-24-17)21(4-5-21)11-28(16)18-7-15(13-3-6-30-10-13)26-19(27-18)20(2,22)23/h7-10H,3-6,11H2,1-2H3,(H,24,25,29). The van der Waals surface area contributed by atoms with Crippen molar-refractivity contribution in [1.29, 1.82) is 0 Å². The molecule has 9 heteroatoms. The topological polar surface area (TPSA) is 80.2 Å². The van der Waals surface area contributed by atoms with E-state index >= 15 is 0 Å². The van der Waals surface area contributed by atoms with Crippen LogP contribution in [0.1, 0.15) is 50.2 Å². The molecule has 2 aliphatic heterocycles. The third-order valence-corrected chi connectivity index (χ3v) is 5.79. The zero-order chi connectivity index (χ0) is 21.1. The average molecular weight is 413 g/mol. The van der Waals surface area contributed by atoms with E-state index in [1.807, 2.05) is 4.90 Å². The third kappa shape index (κ3) is 3.18. The first-order valence-electron chi connectivity index (χ1n) is 9.89. The van der Waals surface area contributed by atoms with Gasteiger partial charge < -0.3 is 15.0 Å². The molecule has 3 aliphatic rings. The van der Waals surface area contributed by atoms with E-state index in [-0.39, 0.29) is 11.3 Å². The molecule has 30 heavy (non-hydrogen) atoms. The molecule has 0 bridgehead atoms. The molecule has 1 saturated carbocycles. The van der Waals surface area contributed by atoms with Gasteiger partial charge in [-0.25, -0.2) is 15.0 Å². The molecular weight excluding hydrogens is 392 g/mol. The van der Waals surface area contributed by atoms with Gasteiger partial charge in [-0.3, -0.25) is 4.79 Å². The zero-order valence-corrected chi connectivity index (χ0v) is 16.7. The van der Waals surface area contributed by atoms with E-state index < -0.39 is 11.7 Å². The maximum absolute atomic E-state index is 14.2. The minimum absolute atomic E-state index is 0.0349. The van der Waals surface area contributed by atoms with Crippen LogP contribution in [-0.2, 0) is 20.9 Å². The van der Waals surface area contributed by atoms with E-state index in [9.17, 15) is 13.6 Å². The van der Waals surface area contributed by atoms with Gasteiger partial charge in [0.25, 0.3) is 0 Å². The number of fused-ring (bicyclic) bond motifs is 2. The first-order valence-corrected chi connectivity index (χ1v) is 9.89. The van der Waals surface area contributed by atoms with Gasteiger partial charge in [-0.1, -0.05) is 0 Å². The molecule has 2 aromatic rings. The number of hydrogen-bond donors (Lipinski definition) is 1. The smallest absolute Gasteiger partial charge is 0.303 e. The van der Waals surface area contributed by atoms with Crippen molar-refractivity contribution in [2.45, 2.75) is 44.4 Å². The molecule has 0 radical (unpaired) electrons. The molecule has 0 atom stereocenters. The van der Waals surface area contributed by atoms with Gasteiger partial charge >= 0.3 is 5.92 Å². The van der Waals surface area contributed by atoms with Crippen molar-refractivity contribution in [3.63, 3.8) is 0 Å². The molecule has 0 saturated heterocycles. The van der Waals surface area contributed by atoms with Gasteiger partial charge in [-0.05, 0) is 12.8 Å². The van der Waals surface area contributed by atoms with E-state index in [0.29, 0.717) is 36.9 Å². The van der Waals surface area contributed by atoms with E-state index in [1.165, 1.54) is 6.92 Å². The number of ether oxygens (including phenoxy) is 1. The molecule has 0 unspecified atom stereocenters. The number of carbonyl (C=O) groups is 1. The van der Waals surface area contributed by atoms with Crippen LogP contribution < -0.4 is 10.2 Å².